The van der Waals surface area contributed by atoms with Crippen molar-refractivity contribution >= 4 is 38.6 Å². The summed E-state index contributed by atoms with van der Waals surface area (Å²) in [5.41, 5.74) is 17.0. The van der Waals surface area contributed by atoms with Crippen molar-refractivity contribution in [3.63, 3.8) is 0 Å². The highest BCUT2D eigenvalue weighted by Crippen LogP contribution is 2.64. The molecule has 1 heterocycles. The summed E-state index contributed by atoms with van der Waals surface area (Å²) in [4.78, 5) is 2.45. The molecule has 1 aliphatic heterocycles. The Balaban J connectivity index is 1.07. The van der Waals surface area contributed by atoms with E-state index in [1.54, 1.807) is 0 Å². The minimum absolute atomic E-state index is 0.652. The lowest BCUT2D eigenvalue weighted by atomic mass is 9.65. The van der Waals surface area contributed by atoms with Crippen molar-refractivity contribution in [3.05, 3.63) is 271 Å². The molecule has 11 aromatic carbocycles. The first-order valence-corrected chi connectivity index (χ1v) is 22.4. The molecule has 0 atom stereocenters. The summed E-state index contributed by atoms with van der Waals surface area (Å²) in [5.74, 6) is 1.84. The van der Waals surface area contributed by atoms with Crippen LogP contribution in [-0.4, -0.2) is 0 Å². The molecule has 304 valence electrons. The van der Waals surface area contributed by atoms with Gasteiger partial charge in [0.15, 0.2) is 0 Å². The maximum atomic E-state index is 7.26. The molecule has 0 saturated heterocycles. The number of hydrogen-bond donors (Lipinski definition) is 0. The molecule has 0 amide bonds. The number of anilines is 3. The maximum Gasteiger partial charge on any atom is 0.140 e. The molecule has 65 heavy (non-hydrogen) atoms. The van der Waals surface area contributed by atoms with E-state index in [1.165, 1.54) is 38.9 Å². The number of fused-ring (bicyclic) bond motifs is 13. The Bertz CT molecular complexity index is 3540. The second-order valence-corrected chi connectivity index (χ2v) is 17.1. The van der Waals surface area contributed by atoms with Crippen molar-refractivity contribution in [2.45, 2.75) is 5.41 Å². The summed E-state index contributed by atoms with van der Waals surface area (Å²) in [6, 6.07) is 90.7. The maximum absolute atomic E-state index is 7.26. The number of ether oxygens (including phenoxy) is 1. The van der Waals surface area contributed by atoms with E-state index >= 15 is 0 Å². The van der Waals surface area contributed by atoms with Gasteiger partial charge in [-0.2, -0.15) is 0 Å². The average molecular weight is 828 g/mol. The number of nitrogens with zero attached hydrogens (tertiary/aromatic N) is 1. The zero-order valence-corrected chi connectivity index (χ0v) is 35.5. The van der Waals surface area contributed by atoms with E-state index < -0.39 is 5.41 Å². The molecule has 1 aliphatic carbocycles. The van der Waals surface area contributed by atoms with Gasteiger partial charge in [-0.25, -0.2) is 0 Å². The molecule has 0 unspecified atom stereocenters. The van der Waals surface area contributed by atoms with Crippen LogP contribution in [0.1, 0.15) is 22.3 Å². The summed E-state index contributed by atoms with van der Waals surface area (Å²) >= 11 is 0. The first-order chi connectivity index (χ1) is 32.3. The normalized spacial score (nSPS) is 12.9. The molecule has 0 N–H and O–H groups in total. The van der Waals surface area contributed by atoms with Gasteiger partial charge in [0.25, 0.3) is 0 Å². The van der Waals surface area contributed by atoms with Crippen molar-refractivity contribution in [1.29, 1.82) is 0 Å². The largest absolute Gasteiger partial charge is 0.455 e. The zero-order chi connectivity index (χ0) is 42.9. The zero-order valence-electron chi connectivity index (χ0n) is 35.5. The Morgan fingerprint density at radius 1 is 0.292 bits per heavy atom. The van der Waals surface area contributed by atoms with E-state index in [4.69, 9.17) is 4.74 Å². The van der Waals surface area contributed by atoms with Crippen LogP contribution >= 0.6 is 0 Å². The number of rotatable bonds is 6. The molecule has 0 saturated carbocycles. The number of para-hydroxylation sites is 2. The van der Waals surface area contributed by atoms with Crippen LogP contribution in [0.3, 0.4) is 0 Å². The Morgan fingerprint density at radius 3 is 1.38 bits per heavy atom. The summed E-state index contributed by atoms with van der Waals surface area (Å²) < 4.78 is 7.26. The van der Waals surface area contributed by atoms with E-state index in [-0.39, 0.29) is 0 Å². The van der Waals surface area contributed by atoms with E-state index in [0.717, 1.165) is 77.9 Å². The minimum atomic E-state index is -0.652. The molecular weight excluding hydrogens is 787 g/mol. The molecule has 0 radical (unpaired) electrons. The molecular formula is C63H41NO. The highest BCUT2D eigenvalue weighted by molar-refractivity contribution is 6.01. The van der Waals surface area contributed by atoms with Crippen LogP contribution in [0, 0.1) is 0 Å². The van der Waals surface area contributed by atoms with Crippen LogP contribution in [0.5, 0.6) is 11.5 Å². The Labute approximate surface area is 378 Å². The topological polar surface area (TPSA) is 12.5 Å². The predicted octanol–water partition coefficient (Wildman–Crippen LogP) is 16.9. The van der Waals surface area contributed by atoms with Gasteiger partial charge in [-0.05, 0) is 85.6 Å². The van der Waals surface area contributed by atoms with Crippen molar-refractivity contribution in [1.82, 2.24) is 0 Å². The van der Waals surface area contributed by atoms with Crippen molar-refractivity contribution in [2.24, 2.45) is 0 Å². The van der Waals surface area contributed by atoms with Crippen LogP contribution in [0.2, 0.25) is 0 Å². The van der Waals surface area contributed by atoms with E-state index in [1.807, 2.05) is 0 Å². The summed E-state index contributed by atoms with van der Waals surface area (Å²) in [6.45, 7) is 0. The quantitative estimate of drug-likeness (QED) is 0.166. The van der Waals surface area contributed by atoms with E-state index in [0.29, 0.717) is 0 Å². The van der Waals surface area contributed by atoms with Crippen LogP contribution in [-0.2, 0) is 5.41 Å². The predicted molar refractivity (Wildman–Crippen MR) is 270 cm³/mol. The number of benzene rings is 11. The SMILES string of the molecule is c1ccc(-c2ccc(N(c3ccccc3-c3ccccc3)c3ccccc3-c3ccc4c(c3)C3(c5ccccc5-4)c4ccc5ccccc5c4Oc4c3ccc3ccccc43)cc2)cc1. The smallest absolute Gasteiger partial charge is 0.140 e. The third kappa shape index (κ3) is 5.67. The first kappa shape index (κ1) is 37.1. The lowest BCUT2D eigenvalue weighted by Crippen LogP contribution is -2.32. The van der Waals surface area contributed by atoms with Gasteiger partial charge in [-0.3, -0.25) is 0 Å². The molecule has 2 nitrogen and oxygen atoms in total. The minimum Gasteiger partial charge on any atom is -0.455 e. The monoisotopic (exact) mass is 827 g/mol. The van der Waals surface area contributed by atoms with Crippen molar-refractivity contribution < 1.29 is 4.74 Å². The lowest BCUT2D eigenvalue weighted by molar-refractivity contribution is 0.447. The summed E-state index contributed by atoms with van der Waals surface area (Å²) in [7, 11) is 0. The van der Waals surface area contributed by atoms with Gasteiger partial charge in [0.05, 0.1) is 16.8 Å². The Hall–Kier alpha value is -8.46. The van der Waals surface area contributed by atoms with Gasteiger partial charge in [-0.1, -0.05) is 218 Å². The average Bonchev–Trinajstić information content (AvgIpc) is 3.67. The fourth-order valence-corrected chi connectivity index (χ4v) is 10.9. The standard InChI is InChI=1S/C63H41NO/c1-3-17-42(18-4-1)43-31-36-48(37-32-43)64(59-29-15-12-23-49(59)44-19-5-2-6-20-44)60-30-16-13-24-50(60)47-33-38-54-53-27-11-14-28-55(53)63(58(54)41-47)56-39-34-45-21-7-9-25-51(45)61(56)65-62-52-26-10-8-22-46(52)35-40-57(62)63/h1-41H. The van der Waals surface area contributed by atoms with Crippen LogP contribution < -0.4 is 9.64 Å². The summed E-state index contributed by atoms with van der Waals surface area (Å²) in [6.07, 6.45) is 0. The van der Waals surface area contributed by atoms with Gasteiger partial charge in [0.2, 0.25) is 0 Å². The Morgan fingerprint density at radius 2 is 0.754 bits per heavy atom. The van der Waals surface area contributed by atoms with Gasteiger partial charge in [-0.15, -0.1) is 0 Å². The molecule has 0 bridgehead atoms. The first-order valence-electron chi connectivity index (χ1n) is 22.4. The molecule has 0 fully saturated rings. The second kappa shape index (κ2) is 14.8. The van der Waals surface area contributed by atoms with Crippen LogP contribution in [0.15, 0.2) is 249 Å². The second-order valence-electron chi connectivity index (χ2n) is 17.1. The molecule has 0 aromatic heterocycles. The molecule has 2 aliphatic rings. The molecule has 2 heteroatoms. The van der Waals surface area contributed by atoms with Crippen LogP contribution in [0.25, 0.3) is 66.1 Å². The highest BCUT2D eigenvalue weighted by Gasteiger charge is 2.52. The lowest BCUT2D eigenvalue weighted by Gasteiger charge is -2.40. The highest BCUT2D eigenvalue weighted by atomic mass is 16.5. The Kier molecular flexibility index (Phi) is 8.47. The summed E-state index contributed by atoms with van der Waals surface area (Å²) in [5, 5.41) is 4.54. The third-order valence-electron chi connectivity index (χ3n) is 13.7. The molecule has 13 rings (SSSR count). The molecule has 1 spiro atoms. The molecule has 11 aromatic rings. The van der Waals surface area contributed by atoms with Gasteiger partial charge >= 0.3 is 0 Å². The van der Waals surface area contributed by atoms with Crippen molar-refractivity contribution in [2.75, 3.05) is 4.90 Å². The van der Waals surface area contributed by atoms with Crippen LogP contribution in [0.4, 0.5) is 17.1 Å². The van der Waals surface area contributed by atoms with E-state index in [9.17, 15) is 0 Å². The van der Waals surface area contributed by atoms with Gasteiger partial charge in [0, 0.05) is 38.7 Å². The van der Waals surface area contributed by atoms with E-state index in [2.05, 4.69) is 254 Å². The fourth-order valence-electron chi connectivity index (χ4n) is 10.9. The van der Waals surface area contributed by atoms with Crippen molar-refractivity contribution in [3.8, 4) is 56.0 Å². The third-order valence-corrected chi connectivity index (χ3v) is 13.7. The number of hydrogen-bond acceptors (Lipinski definition) is 2. The van der Waals surface area contributed by atoms with Gasteiger partial charge < -0.3 is 9.64 Å². The van der Waals surface area contributed by atoms with Gasteiger partial charge in [0.1, 0.15) is 11.5 Å². The fraction of sp³-hybridized carbons (Fsp3) is 0.0159.